The average Bonchev–Trinajstić information content (AvgIpc) is 2.42. The zero-order valence-electron chi connectivity index (χ0n) is 15.9. The molecule has 0 aromatic heterocycles. The van der Waals surface area contributed by atoms with Crippen molar-refractivity contribution in [2.45, 2.75) is 84.7 Å². The first kappa shape index (κ1) is 18.6. The molecule has 3 saturated carbocycles. The van der Waals surface area contributed by atoms with Crippen LogP contribution in [0.1, 0.15) is 73.1 Å². The molecule has 0 amide bonds. The lowest BCUT2D eigenvalue weighted by Crippen LogP contribution is -2.71. The van der Waals surface area contributed by atoms with E-state index in [1.807, 2.05) is 13.8 Å². The standard InChI is InChI=1S/C20H36O4/c1-12-6-7-14-10-16-13(2)11-19(21,22)20(23,24)18(16,5)9-8-15(12)17(14,3)4/h12-16,21-24H,6-11H2,1-5H3/t12-,13-,14+,15+,16-,18+/m1/s1. The van der Waals surface area contributed by atoms with Gasteiger partial charge < -0.3 is 20.4 Å². The molecule has 3 rings (SSSR count). The zero-order valence-corrected chi connectivity index (χ0v) is 15.9. The van der Waals surface area contributed by atoms with E-state index in [4.69, 9.17) is 0 Å². The van der Waals surface area contributed by atoms with Crippen molar-refractivity contribution in [1.82, 2.24) is 0 Å². The molecule has 3 aliphatic rings. The minimum absolute atomic E-state index is 0.0211. The van der Waals surface area contributed by atoms with Crippen molar-refractivity contribution >= 4 is 0 Å². The van der Waals surface area contributed by atoms with Gasteiger partial charge >= 0.3 is 0 Å². The van der Waals surface area contributed by atoms with Crippen LogP contribution < -0.4 is 0 Å². The van der Waals surface area contributed by atoms with Crippen molar-refractivity contribution in [3.05, 3.63) is 0 Å². The van der Waals surface area contributed by atoms with Crippen molar-refractivity contribution < 1.29 is 20.4 Å². The largest absolute Gasteiger partial charge is 0.361 e. The van der Waals surface area contributed by atoms with Crippen LogP contribution in [0.2, 0.25) is 0 Å². The van der Waals surface area contributed by atoms with Crippen LogP contribution in [-0.2, 0) is 0 Å². The highest BCUT2D eigenvalue weighted by Crippen LogP contribution is 2.63. The van der Waals surface area contributed by atoms with E-state index in [0.717, 1.165) is 12.8 Å². The molecule has 0 radical (unpaired) electrons. The van der Waals surface area contributed by atoms with Crippen LogP contribution in [0.5, 0.6) is 0 Å². The minimum atomic E-state index is -2.46. The predicted octanol–water partition coefficient (Wildman–Crippen LogP) is 2.88. The van der Waals surface area contributed by atoms with Crippen LogP contribution in [0.4, 0.5) is 0 Å². The maximum absolute atomic E-state index is 10.8. The van der Waals surface area contributed by atoms with Gasteiger partial charge in [0.1, 0.15) is 0 Å². The number of aliphatic hydroxyl groups is 4. The normalized spacial score (nSPS) is 49.6. The molecule has 0 aromatic rings. The smallest absolute Gasteiger partial charge is 0.224 e. The van der Waals surface area contributed by atoms with E-state index in [2.05, 4.69) is 20.8 Å². The molecule has 0 heterocycles. The summed E-state index contributed by atoms with van der Waals surface area (Å²) in [5.41, 5.74) is -0.628. The fourth-order valence-electron chi connectivity index (χ4n) is 6.84. The predicted molar refractivity (Wildman–Crippen MR) is 92.7 cm³/mol. The Morgan fingerprint density at radius 3 is 2.04 bits per heavy atom. The van der Waals surface area contributed by atoms with Gasteiger partial charge in [0.2, 0.25) is 11.6 Å². The van der Waals surface area contributed by atoms with Crippen LogP contribution in [0.25, 0.3) is 0 Å². The molecule has 0 aromatic carbocycles. The highest BCUT2D eigenvalue weighted by molar-refractivity contribution is 5.09. The number of hydrogen-bond acceptors (Lipinski definition) is 4. The molecule has 3 fully saturated rings. The average molecular weight is 341 g/mol. The SMILES string of the molecule is C[C@@H]1CC(O)(O)C(O)(O)[C@@]2(C)CC[C@H]3[C@H](C)CC[C@@H](C[C@H]12)C3(C)C. The van der Waals surface area contributed by atoms with E-state index in [1.165, 1.54) is 12.8 Å². The van der Waals surface area contributed by atoms with Crippen LogP contribution >= 0.6 is 0 Å². The maximum atomic E-state index is 10.8. The first-order valence-electron chi connectivity index (χ1n) is 9.74. The van der Waals surface area contributed by atoms with Gasteiger partial charge in [0.15, 0.2) is 0 Å². The van der Waals surface area contributed by atoms with Crippen molar-refractivity contribution in [3.8, 4) is 0 Å². The molecule has 0 spiro atoms. The molecule has 4 heteroatoms. The van der Waals surface area contributed by atoms with Crippen LogP contribution in [0.3, 0.4) is 0 Å². The van der Waals surface area contributed by atoms with E-state index in [9.17, 15) is 20.4 Å². The van der Waals surface area contributed by atoms with Gasteiger partial charge in [0.25, 0.3) is 0 Å². The zero-order chi connectivity index (χ0) is 18.1. The highest BCUT2D eigenvalue weighted by Gasteiger charge is 2.67. The molecule has 4 nitrogen and oxygen atoms in total. The third-order valence-corrected chi connectivity index (χ3v) is 8.64. The minimum Gasteiger partial charge on any atom is -0.361 e. The van der Waals surface area contributed by atoms with Gasteiger partial charge in [0, 0.05) is 11.8 Å². The second kappa shape index (κ2) is 5.42. The lowest BCUT2D eigenvalue weighted by Gasteiger charge is -2.62. The quantitative estimate of drug-likeness (QED) is 0.511. The van der Waals surface area contributed by atoms with Gasteiger partial charge in [0.05, 0.1) is 0 Å². The topological polar surface area (TPSA) is 80.9 Å². The number of hydrogen-bond donors (Lipinski definition) is 4. The summed E-state index contributed by atoms with van der Waals surface area (Å²) in [4.78, 5) is 0. The number of fused-ring (bicyclic) bond motifs is 3. The molecule has 0 aliphatic heterocycles. The molecule has 6 atom stereocenters. The van der Waals surface area contributed by atoms with Crippen molar-refractivity contribution in [2.75, 3.05) is 0 Å². The van der Waals surface area contributed by atoms with E-state index in [1.54, 1.807) is 0 Å². The van der Waals surface area contributed by atoms with Gasteiger partial charge in [-0.1, -0.05) is 41.0 Å². The molecule has 4 N–H and O–H groups in total. The van der Waals surface area contributed by atoms with E-state index in [-0.39, 0.29) is 23.7 Å². The summed E-state index contributed by atoms with van der Waals surface area (Å²) in [5, 5.41) is 42.3. The third-order valence-electron chi connectivity index (χ3n) is 8.64. The molecule has 140 valence electrons. The van der Waals surface area contributed by atoms with Gasteiger partial charge in [-0.15, -0.1) is 0 Å². The molecule has 0 unspecified atom stereocenters. The first-order chi connectivity index (χ1) is 10.8. The summed E-state index contributed by atoms with van der Waals surface area (Å²) < 4.78 is 0. The third kappa shape index (κ3) is 2.33. The Morgan fingerprint density at radius 2 is 1.42 bits per heavy atom. The van der Waals surface area contributed by atoms with Crippen molar-refractivity contribution in [1.29, 1.82) is 0 Å². The summed E-state index contributed by atoms with van der Waals surface area (Å²) in [7, 11) is 0. The summed E-state index contributed by atoms with van der Waals surface area (Å²) in [6.45, 7) is 11.0. The molecule has 24 heavy (non-hydrogen) atoms. The van der Waals surface area contributed by atoms with Crippen LogP contribution in [-0.4, -0.2) is 32.0 Å². The Bertz CT molecular complexity index is 498. The lowest BCUT2D eigenvalue weighted by molar-refractivity contribution is -0.430. The Kier molecular flexibility index (Phi) is 4.21. The number of rotatable bonds is 0. The van der Waals surface area contributed by atoms with Gasteiger partial charge in [-0.3, -0.25) is 0 Å². The Balaban J connectivity index is 2.04. The van der Waals surface area contributed by atoms with Crippen molar-refractivity contribution in [3.63, 3.8) is 0 Å². The Morgan fingerprint density at radius 1 is 0.792 bits per heavy atom. The summed E-state index contributed by atoms with van der Waals surface area (Å²) >= 11 is 0. The maximum Gasteiger partial charge on any atom is 0.224 e. The highest BCUT2D eigenvalue weighted by atomic mass is 16.6. The Hall–Kier alpha value is -0.160. The summed E-state index contributed by atoms with van der Waals surface area (Å²) in [6, 6.07) is 0. The van der Waals surface area contributed by atoms with E-state index >= 15 is 0 Å². The fourth-order valence-corrected chi connectivity index (χ4v) is 6.84. The molecular weight excluding hydrogens is 304 g/mol. The molecular formula is C20H36O4. The van der Waals surface area contributed by atoms with Gasteiger partial charge in [-0.2, -0.15) is 0 Å². The van der Waals surface area contributed by atoms with Gasteiger partial charge in [-0.25, -0.2) is 0 Å². The van der Waals surface area contributed by atoms with Gasteiger partial charge in [-0.05, 0) is 60.7 Å². The fraction of sp³-hybridized carbons (Fsp3) is 1.00. The molecule has 0 saturated heterocycles. The second-order valence-corrected chi connectivity index (χ2v) is 10.1. The summed E-state index contributed by atoms with van der Waals surface area (Å²) in [5.74, 6) is -3.00. The van der Waals surface area contributed by atoms with E-state index in [0.29, 0.717) is 24.2 Å². The van der Waals surface area contributed by atoms with E-state index < -0.39 is 17.0 Å². The lowest BCUT2D eigenvalue weighted by atomic mass is 9.46. The molecule has 3 aliphatic carbocycles. The van der Waals surface area contributed by atoms with Crippen molar-refractivity contribution in [2.24, 2.45) is 40.4 Å². The van der Waals surface area contributed by atoms with Crippen LogP contribution in [0, 0.1) is 40.4 Å². The first-order valence-corrected chi connectivity index (χ1v) is 9.74. The van der Waals surface area contributed by atoms with Crippen LogP contribution in [0.15, 0.2) is 0 Å². The second-order valence-electron chi connectivity index (χ2n) is 10.1. The monoisotopic (exact) mass is 340 g/mol. The summed E-state index contributed by atoms with van der Waals surface area (Å²) in [6.07, 6.45) is 4.97. The molecule has 2 bridgehead atoms. The Labute approximate surface area is 146 Å².